The molecule has 2 saturated heterocycles. The lowest BCUT2D eigenvalue weighted by atomic mass is 9.79. The van der Waals surface area contributed by atoms with E-state index in [-0.39, 0.29) is 23.8 Å². The normalized spacial score (nSPS) is 22.8. The molecule has 3 heterocycles. The molecule has 0 saturated carbocycles. The summed E-state index contributed by atoms with van der Waals surface area (Å²) in [4.78, 5) is 17.2. The van der Waals surface area contributed by atoms with Gasteiger partial charge in [0.15, 0.2) is 0 Å². The smallest absolute Gasteiger partial charge is 0.244 e. The summed E-state index contributed by atoms with van der Waals surface area (Å²) in [7, 11) is 0. The fourth-order valence-corrected chi connectivity index (χ4v) is 4.69. The Morgan fingerprint density at radius 3 is 2.79 bits per heavy atom. The van der Waals surface area contributed by atoms with Gasteiger partial charge in [0.2, 0.25) is 11.9 Å². The summed E-state index contributed by atoms with van der Waals surface area (Å²) in [5.74, 6) is 0.238. The number of tetrazole rings is 1. The second-order valence-electron chi connectivity index (χ2n) is 8.23. The van der Waals surface area contributed by atoms with Gasteiger partial charge in [-0.1, -0.05) is 35.4 Å². The Labute approximate surface area is 165 Å². The fraction of sp³-hybridized carbons (Fsp3) is 0.600. The molecule has 2 aromatic rings. The maximum Gasteiger partial charge on any atom is 0.244 e. The number of aryl methyl sites for hydroxylation is 1. The number of carbonyl (C=O) groups is 1. The van der Waals surface area contributed by atoms with E-state index >= 15 is 0 Å². The van der Waals surface area contributed by atoms with E-state index in [1.807, 2.05) is 4.90 Å². The highest BCUT2D eigenvalue weighted by atomic mass is 16.2. The molecule has 0 unspecified atom stereocenters. The van der Waals surface area contributed by atoms with E-state index in [0.29, 0.717) is 0 Å². The van der Waals surface area contributed by atoms with Crippen LogP contribution in [0.25, 0.3) is 0 Å². The zero-order valence-electron chi connectivity index (χ0n) is 16.3. The van der Waals surface area contributed by atoms with Crippen LogP contribution in [0, 0.1) is 5.41 Å². The van der Waals surface area contributed by atoms with Crippen molar-refractivity contribution < 1.29 is 4.79 Å². The van der Waals surface area contributed by atoms with E-state index < -0.39 is 0 Å². The molecule has 8 nitrogen and oxygen atoms in total. The molecule has 1 aromatic heterocycles. The predicted octanol–water partition coefficient (Wildman–Crippen LogP) is 1.20. The third-order valence-corrected chi connectivity index (χ3v) is 6.16. The van der Waals surface area contributed by atoms with Gasteiger partial charge in [-0.15, -0.1) is 0 Å². The minimum absolute atomic E-state index is 0.0528. The van der Waals surface area contributed by atoms with Gasteiger partial charge in [0, 0.05) is 25.0 Å². The molecule has 1 amide bonds. The van der Waals surface area contributed by atoms with Crippen LogP contribution >= 0.6 is 0 Å². The summed E-state index contributed by atoms with van der Waals surface area (Å²) in [6.07, 6.45) is 5.81. The second-order valence-corrected chi connectivity index (χ2v) is 8.23. The maximum absolute atomic E-state index is 12.6. The van der Waals surface area contributed by atoms with E-state index in [4.69, 9.17) is 5.73 Å². The zero-order valence-corrected chi connectivity index (χ0v) is 16.3. The van der Waals surface area contributed by atoms with Gasteiger partial charge in [-0.2, -0.15) is 0 Å². The summed E-state index contributed by atoms with van der Waals surface area (Å²) >= 11 is 0. The zero-order chi connectivity index (χ0) is 19.4. The van der Waals surface area contributed by atoms with Crippen LogP contribution in [0.4, 0.5) is 5.95 Å². The number of amides is 1. The Kier molecular flexibility index (Phi) is 5.57. The van der Waals surface area contributed by atoms with Gasteiger partial charge in [-0.05, 0) is 61.2 Å². The molecule has 8 heteroatoms. The molecular weight excluding hydrogens is 354 g/mol. The summed E-state index contributed by atoms with van der Waals surface area (Å²) in [6, 6.07) is 10.7. The average Bonchev–Trinajstić information content (AvgIpc) is 3.29. The largest absolute Gasteiger partial charge is 0.367 e. The van der Waals surface area contributed by atoms with Crippen LogP contribution in [0.2, 0.25) is 0 Å². The molecule has 28 heavy (non-hydrogen) atoms. The first kappa shape index (κ1) is 18.9. The number of nitrogens with zero attached hydrogens (tertiary/aromatic N) is 6. The van der Waals surface area contributed by atoms with Crippen molar-refractivity contribution in [3.05, 3.63) is 35.9 Å². The first-order valence-electron chi connectivity index (χ1n) is 10.2. The summed E-state index contributed by atoms with van der Waals surface area (Å²) in [5, 5.41) is 10.9. The molecule has 2 aliphatic heterocycles. The Morgan fingerprint density at radius 1 is 1.14 bits per heavy atom. The van der Waals surface area contributed by atoms with Crippen molar-refractivity contribution in [1.29, 1.82) is 0 Å². The van der Waals surface area contributed by atoms with Crippen molar-refractivity contribution in [2.75, 3.05) is 38.5 Å². The summed E-state index contributed by atoms with van der Waals surface area (Å²) in [5.41, 5.74) is 7.33. The van der Waals surface area contributed by atoms with E-state index in [9.17, 15) is 4.79 Å². The maximum atomic E-state index is 12.6. The van der Waals surface area contributed by atoms with Crippen LogP contribution in [0.3, 0.4) is 0 Å². The molecule has 2 aliphatic rings. The summed E-state index contributed by atoms with van der Waals surface area (Å²) in [6.45, 7) is 5.17. The van der Waals surface area contributed by atoms with Crippen molar-refractivity contribution >= 4 is 11.9 Å². The number of hydrogen-bond donors (Lipinski definition) is 1. The molecular formula is C20H29N7O. The van der Waals surface area contributed by atoms with Crippen molar-refractivity contribution in [3.63, 3.8) is 0 Å². The van der Waals surface area contributed by atoms with Crippen molar-refractivity contribution in [3.8, 4) is 0 Å². The van der Waals surface area contributed by atoms with Gasteiger partial charge in [0.05, 0.1) is 0 Å². The Hall–Kier alpha value is -2.48. The van der Waals surface area contributed by atoms with E-state index in [1.54, 1.807) is 0 Å². The van der Waals surface area contributed by atoms with E-state index in [0.717, 1.165) is 39.0 Å². The van der Waals surface area contributed by atoms with Crippen LogP contribution in [-0.2, 0) is 17.8 Å². The molecule has 0 bridgehead atoms. The number of nitrogen functional groups attached to an aromatic ring is 1. The number of likely N-dealkylation sites (tertiary alicyclic amines) is 2. The molecule has 1 aromatic carbocycles. The standard InChI is InChI=1S/C20H29N7O/c21-19-22-23-24-27(19)14-18(28)26-13-10-20(16-26)9-5-12-25(15-20)11-4-8-17-6-2-1-3-7-17/h1-3,6-7H,4-5,8-16H2,(H2,21,22,24)/t20-/m0/s1. The SMILES string of the molecule is Nc1nnnn1CC(=O)N1CC[C@]2(CCCN(CCCc3ccccc3)C2)C1. The lowest BCUT2D eigenvalue weighted by Crippen LogP contribution is -2.46. The Bertz CT molecular complexity index is 793. The molecule has 4 rings (SSSR count). The van der Waals surface area contributed by atoms with Crippen LogP contribution in [0.15, 0.2) is 30.3 Å². The van der Waals surface area contributed by atoms with Gasteiger partial charge < -0.3 is 15.5 Å². The predicted molar refractivity (Wildman–Crippen MR) is 106 cm³/mol. The number of carbonyl (C=O) groups excluding carboxylic acids is 1. The third-order valence-electron chi connectivity index (χ3n) is 6.16. The van der Waals surface area contributed by atoms with Crippen LogP contribution in [-0.4, -0.2) is 68.6 Å². The molecule has 0 aliphatic carbocycles. The highest BCUT2D eigenvalue weighted by molar-refractivity contribution is 5.76. The molecule has 1 atom stereocenters. The van der Waals surface area contributed by atoms with Crippen molar-refractivity contribution in [2.24, 2.45) is 5.41 Å². The van der Waals surface area contributed by atoms with Gasteiger partial charge in [0.25, 0.3) is 0 Å². The number of hydrogen-bond acceptors (Lipinski definition) is 6. The minimum atomic E-state index is 0.0528. The van der Waals surface area contributed by atoms with Crippen LogP contribution in [0.5, 0.6) is 0 Å². The lowest BCUT2D eigenvalue weighted by molar-refractivity contribution is -0.131. The topological polar surface area (TPSA) is 93.2 Å². The molecule has 2 fully saturated rings. The quantitative estimate of drug-likeness (QED) is 0.806. The highest BCUT2D eigenvalue weighted by Gasteiger charge is 2.42. The van der Waals surface area contributed by atoms with Crippen molar-refractivity contribution in [2.45, 2.75) is 38.6 Å². The molecule has 0 radical (unpaired) electrons. The number of nitrogens with two attached hydrogens (primary N) is 1. The molecule has 1 spiro atoms. The average molecular weight is 384 g/mol. The van der Waals surface area contributed by atoms with Gasteiger partial charge >= 0.3 is 0 Å². The second kappa shape index (κ2) is 8.26. The van der Waals surface area contributed by atoms with Crippen LogP contribution < -0.4 is 5.73 Å². The van der Waals surface area contributed by atoms with Crippen molar-refractivity contribution in [1.82, 2.24) is 30.0 Å². The molecule has 2 N–H and O–H groups in total. The number of aromatic nitrogens is 4. The van der Waals surface area contributed by atoms with Gasteiger partial charge in [-0.3, -0.25) is 4.79 Å². The fourth-order valence-electron chi connectivity index (χ4n) is 4.69. The van der Waals surface area contributed by atoms with Gasteiger partial charge in [-0.25, -0.2) is 4.68 Å². The van der Waals surface area contributed by atoms with Gasteiger partial charge in [0.1, 0.15) is 6.54 Å². The minimum Gasteiger partial charge on any atom is -0.367 e. The molecule has 150 valence electrons. The first-order chi connectivity index (χ1) is 13.6. The number of rotatable bonds is 6. The number of benzene rings is 1. The lowest BCUT2D eigenvalue weighted by Gasteiger charge is -2.40. The number of anilines is 1. The Balaban J connectivity index is 1.27. The third kappa shape index (κ3) is 4.32. The Morgan fingerprint density at radius 2 is 2.00 bits per heavy atom. The van der Waals surface area contributed by atoms with E-state index in [2.05, 4.69) is 50.8 Å². The van der Waals surface area contributed by atoms with E-state index in [1.165, 1.54) is 36.1 Å². The first-order valence-corrected chi connectivity index (χ1v) is 10.2. The summed E-state index contributed by atoms with van der Waals surface area (Å²) < 4.78 is 1.37. The number of piperidine rings is 1. The highest BCUT2D eigenvalue weighted by Crippen LogP contribution is 2.39. The monoisotopic (exact) mass is 383 g/mol. The van der Waals surface area contributed by atoms with Crippen LogP contribution in [0.1, 0.15) is 31.2 Å².